The highest BCUT2D eigenvalue weighted by molar-refractivity contribution is 5.18. The Morgan fingerprint density at radius 3 is 2.45 bits per heavy atom. The highest BCUT2D eigenvalue weighted by Crippen LogP contribution is 2.20. The van der Waals surface area contributed by atoms with Crippen molar-refractivity contribution in [2.24, 2.45) is 0 Å². The number of ether oxygens (including phenoxy) is 1. The lowest BCUT2D eigenvalue weighted by atomic mass is 10.1. The van der Waals surface area contributed by atoms with Gasteiger partial charge in [-0.1, -0.05) is 69.9 Å². The fourth-order valence-electron chi connectivity index (χ4n) is 2.39. The van der Waals surface area contributed by atoms with Crippen molar-refractivity contribution in [1.82, 2.24) is 5.32 Å². The van der Waals surface area contributed by atoms with Crippen molar-refractivity contribution in [2.45, 2.75) is 65.1 Å². The Hall–Kier alpha value is -0.860. The molecule has 1 N–H and O–H groups in total. The molecule has 2 nitrogen and oxygen atoms in total. The summed E-state index contributed by atoms with van der Waals surface area (Å²) in [6, 6.07) is 10.5. The van der Waals surface area contributed by atoms with E-state index in [0.717, 1.165) is 19.5 Å². The first-order valence-electron chi connectivity index (χ1n) is 8.19. The third kappa shape index (κ3) is 7.06. The molecule has 0 bridgehead atoms. The van der Waals surface area contributed by atoms with Crippen LogP contribution in [0.5, 0.6) is 0 Å². The van der Waals surface area contributed by atoms with Gasteiger partial charge in [0.25, 0.3) is 0 Å². The largest absolute Gasteiger partial charge is 0.369 e. The van der Waals surface area contributed by atoms with Gasteiger partial charge in [-0.3, -0.25) is 0 Å². The molecular formula is C18H31NO. The van der Waals surface area contributed by atoms with Crippen LogP contribution in [0.3, 0.4) is 0 Å². The Bertz CT molecular complexity index is 325. The van der Waals surface area contributed by atoms with Crippen LogP contribution in [0.4, 0.5) is 0 Å². The summed E-state index contributed by atoms with van der Waals surface area (Å²) < 4.78 is 6.26. The molecule has 0 radical (unpaired) electrons. The van der Waals surface area contributed by atoms with Gasteiger partial charge in [-0.2, -0.15) is 0 Å². The van der Waals surface area contributed by atoms with E-state index in [1.165, 1.54) is 31.2 Å². The maximum Gasteiger partial charge on any atom is 0.0952 e. The van der Waals surface area contributed by atoms with E-state index in [1.54, 1.807) is 0 Å². The molecular weight excluding hydrogens is 246 g/mol. The summed E-state index contributed by atoms with van der Waals surface area (Å²) in [6.07, 6.45) is 6.89. The molecule has 0 aliphatic rings. The van der Waals surface area contributed by atoms with Crippen LogP contribution in [0.15, 0.2) is 30.3 Å². The van der Waals surface area contributed by atoms with Crippen LogP contribution in [0.1, 0.15) is 64.5 Å². The second kappa shape index (κ2) is 10.9. The lowest BCUT2D eigenvalue weighted by Crippen LogP contribution is -2.25. The average Bonchev–Trinajstić information content (AvgIpc) is 2.49. The van der Waals surface area contributed by atoms with E-state index < -0.39 is 0 Å². The predicted molar refractivity (Wildman–Crippen MR) is 87.0 cm³/mol. The number of unbranched alkanes of at least 4 members (excludes halogenated alkanes) is 3. The standard InChI is InChI=1S/C18H31NO/c1-4-6-7-9-12-16(3)20-18(15-19-5-2)17-13-10-8-11-14-17/h8,10-11,13-14,16,18-19H,4-7,9,12,15H2,1-3H3. The van der Waals surface area contributed by atoms with Crippen molar-refractivity contribution in [3.05, 3.63) is 35.9 Å². The van der Waals surface area contributed by atoms with Crippen LogP contribution < -0.4 is 5.32 Å². The van der Waals surface area contributed by atoms with Crippen molar-refractivity contribution in [1.29, 1.82) is 0 Å². The normalized spacial score (nSPS) is 14.2. The second-order valence-corrected chi connectivity index (χ2v) is 5.50. The molecule has 0 aliphatic heterocycles. The van der Waals surface area contributed by atoms with E-state index in [2.05, 4.69) is 56.4 Å². The minimum atomic E-state index is 0.164. The van der Waals surface area contributed by atoms with Crippen LogP contribution in [0.2, 0.25) is 0 Å². The predicted octanol–water partition coefficient (Wildman–Crippen LogP) is 4.71. The number of rotatable bonds is 11. The Kier molecular flexibility index (Phi) is 9.35. The van der Waals surface area contributed by atoms with Gasteiger partial charge in [0.15, 0.2) is 0 Å². The van der Waals surface area contributed by atoms with Gasteiger partial charge >= 0.3 is 0 Å². The summed E-state index contributed by atoms with van der Waals surface area (Å²) in [5.41, 5.74) is 1.27. The molecule has 2 atom stereocenters. The van der Waals surface area contributed by atoms with E-state index in [9.17, 15) is 0 Å². The van der Waals surface area contributed by atoms with Crippen molar-refractivity contribution in [3.8, 4) is 0 Å². The first-order valence-corrected chi connectivity index (χ1v) is 8.19. The van der Waals surface area contributed by atoms with E-state index in [-0.39, 0.29) is 6.10 Å². The molecule has 114 valence electrons. The zero-order valence-electron chi connectivity index (χ0n) is 13.4. The van der Waals surface area contributed by atoms with Crippen molar-refractivity contribution in [3.63, 3.8) is 0 Å². The maximum absolute atomic E-state index is 6.26. The fourth-order valence-corrected chi connectivity index (χ4v) is 2.39. The van der Waals surface area contributed by atoms with Crippen LogP contribution in [0, 0.1) is 0 Å². The molecule has 0 heterocycles. The van der Waals surface area contributed by atoms with Gasteiger partial charge in [-0.25, -0.2) is 0 Å². The van der Waals surface area contributed by atoms with Gasteiger partial charge < -0.3 is 10.1 Å². The first-order chi connectivity index (χ1) is 9.77. The molecule has 0 saturated heterocycles. The fraction of sp³-hybridized carbons (Fsp3) is 0.667. The van der Waals surface area contributed by atoms with Gasteiger partial charge in [0.2, 0.25) is 0 Å². The summed E-state index contributed by atoms with van der Waals surface area (Å²) in [4.78, 5) is 0. The summed E-state index contributed by atoms with van der Waals surface area (Å²) in [5.74, 6) is 0. The zero-order valence-corrected chi connectivity index (χ0v) is 13.4. The van der Waals surface area contributed by atoms with Gasteiger partial charge in [0.05, 0.1) is 12.2 Å². The van der Waals surface area contributed by atoms with Crippen LogP contribution in [0.25, 0.3) is 0 Å². The Labute approximate surface area is 124 Å². The molecule has 2 heteroatoms. The molecule has 0 fully saturated rings. The zero-order chi connectivity index (χ0) is 14.6. The summed E-state index contributed by atoms with van der Waals surface area (Å²) in [6.45, 7) is 8.46. The number of hydrogen-bond donors (Lipinski definition) is 1. The number of hydrogen-bond acceptors (Lipinski definition) is 2. The van der Waals surface area contributed by atoms with Crippen molar-refractivity contribution in [2.75, 3.05) is 13.1 Å². The third-order valence-electron chi connectivity index (χ3n) is 3.61. The lowest BCUT2D eigenvalue weighted by molar-refractivity contribution is -0.00784. The molecule has 1 rings (SSSR count). The minimum absolute atomic E-state index is 0.164. The van der Waals surface area contributed by atoms with E-state index in [0.29, 0.717) is 6.10 Å². The first kappa shape index (κ1) is 17.2. The van der Waals surface area contributed by atoms with E-state index in [4.69, 9.17) is 4.74 Å². The van der Waals surface area contributed by atoms with Crippen LogP contribution in [-0.2, 0) is 4.74 Å². The van der Waals surface area contributed by atoms with E-state index in [1.807, 2.05) is 0 Å². The summed E-state index contributed by atoms with van der Waals surface area (Å²) in [5, 5.41) is 3.40. The van der Waals surface area contributed by atoms with Crippen molar-refractivity contribution >= 4 is 0 Å². The number of benzene rings is 1. The number of likely N-dealkylation sites (N-methyl/N-ethyl adjacent to an activating group) is 1. The smallest absolute Gasteiger partial charge is 0.0952 e. The van der Waals surface area contributed by atoms with Gasteiger partial charge in [-0.05, 0) is 25.5 Å². The van der Waals surface area contributed by atoms with E-state index >= 15 is 0 Å². The summed E-state index contributed by atoms with van der Waals surface area (Å²) in [7, 11) is 0. The monoisotopic (exact) mass is 277 g/mol. The van der Waals surface area contributed by atoms with Gasteiger partial charge in [-0.15, -0.1) is 0 Å². The van der Waals surface area contributed by atoms with Gasteiger partial charge in [0, 0.05) is 6.54 Å². The molecule has 0 amide bonds. The lowest BCUT2D eigenvalue weighted by Gasteiger charge is -2.23. The Morgan fingerprint density at radius 1 is 1.05 bits per heavy atom. The molecule has 0 aliphatic carbocycles. The summed E-state index contributed by atoms with van der Waals surface area (Å²) >= 11 is 0. The highest BCUT2D eigenvalue weighted by atomic mass is 16.5. The Morgan fingerprint density at radius 2 is 1.80 bits per heavy atom. The van der Waals surface area contributed by atoms with Crippen LogP contribution >= 0.6 is 0 Å². The third-order valence-corrected chi connectivity index (χ3v) is 3.61. The molecule has 0 aromatic heterocycles. The van der Waals surface area contributed by atoms with Crippen LogP contribution in [-0.4, -0.2) is 19.2 Å². The topological polar surface area (TPSA) is 21.3 Å². The molecule has 1 aromatic rings. The van der Waals surface area contributed by atoms with Gasteiger partial charge in [0.1, 0.15) is 0 Å². The Balaban J connectivity index is 2.43. The molecule has 2 unspecified atom stereocenters. The maximum atomic E-state index is 6.26. The highest BCUT2D eigenvalue weighted by Gasteiger charge is 2.14. The molecule has 0 saturated carbocycles. The molecule has 20 heavy (non-hydrogen) atoms. The second-order valence-electron chi connectivity index (χ2n) is 5.50. The SMILES string of the molecule is CCCCCCC(C)OC(CNCC)c1ccccc1. The van der Waals surface area contributed by atoms with Crippen molar-refractivity contribution < 1.29 is 4.74 Å². The molecule has 1 aromatic carbocycles. The minimum Gasteiger partial charge on any atom is -0.369 e. The quantitative estimate of drug-likeness (QED) is 0.591. The molecule has 0 spiro atoms. The number of nitrogens with one attached hydrogen (secondary N) is 1. The average molecular weight is 277 g/mol.